The molecule has 3 N–H and O–H groups in total. The van der Waals surface area contributed by atoms with E-state index in [-0.39, 0.29) is 36.8 Å². The van der Waals surface area contributed by atoms with Crippen LogP contribution in [-0.4, -0.2) is 52.9 Å². The van der Waals surface area contributed by atoms with Gasteiger partial charge in [-0.05, 0) is 49.9 Å². The Morgan fingerprint density at radius 3 is 2.55 bits per heavy atom. The lowest BCUT2D eigenvalue weighted by atomic mass is 9.51. The summed E-state index contributed by atoms with van der Waals surface area (Å²) in [4.78, 5) is 68.6. The molecule has 0 radical (unpaired) electrons. The molecule has 2 aromatic carbocycles. The van der Waals surface area contributed by atoms with Gasteiger partial charge in [-0.3, -0.25) is 19.2 Å². The molecule has 2 saturated heterocycles. The van der Waals surface area contributed by atoms with Crippen molar-refractivity contribution in [3.63, 3.8) is 0 Å². The number of urea groups is 1. The molecule has 2 heterocycles. The highest BCUT2D eigenvalue weighted by Gasteiger charge is 2.68. The van der Waals surface area contributed by atoms with Gasteiger partial charge in [-0.1, -0.05) is 41.4 Å². The highest BCUT2D eigenvalue weighted by Crippen LogP contribution is 2.64. The number of primary amides is 1. The molecular formula is C30H27ClFN3O7. The third-order valence-corrected chi connectivity index (χ3v) is 9.52. The van der Waals surface area contributed by atoms with Crippen molar-refractivity contribution in [1.82, 2.24) is 4.90 Å². The van der Waals surface area contributed by atoms with Crippen LogP contribution in [0.5, 0.6) is 5.75 Å². The number of ether oxygens (including phenoxy) is 1. The number of para-hydroxylation sites is 1. The largest absolute Gasteiger partial charge is 0.491 e. The molecule has 42 heavy (non-hydrogen) atoms. The number of imide groups is 4. The molecule has 6 rings (SSSR count). The summed E-state index contributed by atoms with van der Waals surface area (Å²) in [7, 11) is 0. The summed E-state index contributed by atoms with van der Waals surface area (Å²) in [6.45, 7) is 1.41. The van der Waals surface area contributed by atoms with Gasteiger partial charge < -0.3 is 15.6 Å². The number of benzene rings is 2. The van der Waals surface area contributed by atoms with Crippen LogP contribution < -0.4 is 15.4 Å². The number of carbonyl (C=O) groups excluding carboxylic acids is 5. The topological polar surface area (TPSA) is 147 Å². The van der Waals surface area contributed by atoms with E-state index < -0.39 is 70.5 Å². The molecule has 2 aliphatic carbocycles. The maximum absolute atomic E-state index is 14.4. The average molecular weight is 596 g/mol. The van der Waals surface area contributed by atoms with Crippen molar-refractivity contribution in [2.24, 2.45) is 34.8 Å². The summed E-state index contributed by atoms with van der Waals surface area (Å²) in [6, 6.07) is 9.38. The number of nitrogens with zero attached hydrogens (tertiary/aromatic N) is 2. The van der Waals surface area contributed by atoms with Crippen molar-refractivity contribution in [2.45, 2.75) is 25.7 Å². The van der Waals surface area contributed by atoms with Gasteiger partial charge in [0.2, 0.25) is 23.6 Å². The predicted octanol–water partition coefficient (Wildman–Crippen LogP) is 3.16. The number of allylic oxidation sites excluding steroid dienone is 2. The second kappa shape index (κ2) is 10.0. The summed E-state index contributed by atoms with van der Waals surface area (Å²) in [5, 5.41) is 9.18. The van der Waals surface area contributed by atoms with E-state index >= 15 is 0 Å². The van der Waals surface area contributed by atoms with E-state index in [0.29, 0.717) is 21.8 Å². The Balaban J connectivity index is 1.54. The van der Waals surface area contributed by atoms with E-state index in [2.05, 4.69) is 0 Å². The summed E-state index contributed by atoms with van der Waals surface area (Å²) in [5.74, 6) is -6.96. The minimum Gasteiger partial charge on any atom is -0.491 e. The number of aliphatic hydroxyl groups is 1. The van der Waals surface area contributed by atoms with E-state index in [1.165, 1.54) is 12.1 Å². The zero-order valence-electron chi connectivity index (χ0n) is 22.5. The molecule has 0 spiro atoms. The van der Waals surface area contributed by atoms with Crippen molar-refractivity contribution < 1.29 is 38.2 Å². The molecule has 6 unspecified atom stereocenters. The first-order valence-electron chi connectivity index (χ1n) is 13.6. The molecule has 0 aromatic heterocycles. The molecule has 12 heteroatoms. The summed E-state index contributed by atoms with van der Waals surface area (Å²) in [5.41, 5.74) is 5.37. The van der Waals surface area contributed by atoms with Crippen LogP contribution in [0.2, 0.25) is 5.02 Å². The maximum Gasteiger partial charge on any atom is 0.328 e. The molecule has 3 fully saturated rings. The van der Waals surface area contributed by atoms with Gasteiger partial charge in [-0.15, -0.1) is 0 Å². The van der Waals surface area contributed by atoms with Crippen molar-refractivity contribution in [1.29, 1.82) is 0 Å². The van der Waals surface area contributed by atoms with Crippen LogP contribution in [0, 0.1) is 34.9 Å². The van der Waals surface area contributed by atoms with Crippen molar-refractivity contribution in [2.75, 3.05) is 18.1 Å². The predicted molar refractivity (Wildman–Crippen MR) is 146 cm³/mol. The smallest absolute Gasteiger partial charge is 0.328 e. The fourth-order valence-electron chi connectivity index (χ4n) is 7.45. The molecule has 218 valence electrons. The first-order chi connectivity index (χ1) is 20.0. The van der Waals surface area contributed by atoms with E-state index in [1.54, 1.807) is 31.2 Å². The number of anilines is 1. The minimum absolute atomic E-state index is 0.0231. The first-order valence-corrected chi connectivity index (χ1v) is 13.9. The van der Waals surface area contributed by atoms with E-state index in [4.69, 9.17) is 22.1 Å². The minimum atomic E-state index is -1.37. The highest BCUT2D eigenvalue weighted by molar-refractivity contribution is 6.31. The van der Waals surface area contributed by atoms with Gasteiger partial charge in [0.1, 0.15) is 18.2 Å². The van der Waals surface area contributed by atoms with Crippen LogP contribution >= 0.6 is 11.6 Å². The van der Waals surface area contributed by atoms with Crippen LogP contribution in [-0.2, 0) is 19.2 Å². The number of nitrogens with two attached hydrogens (primary N) is 1. The van der Waals surface area contributed by atoms with Crippen molar-refractivity contribution in [3.8, 4) is 5.75 Å². The fourth-order valence-corrected chi connectivity index (χ4v) is 7.63. The highest BCUT2D eigenvalue weighted by atomic mass is 35.5. The number of halogens is 2. The lowest BCUT2D eigenvalue weighted by Crippen LogP contribution is -2.49. The zero-order chi connectivity index (χ0) is 30.1. The monoisotopic (exact) mass is 595 g/mol. The van der Waals surface area contributed by atoms with Crippen LogP contribution in [0.3, 0.4) is 0 Å². The molecule has 6 atom stereocenters. The van der Waals surface area contributed by atoms with E-state index in [9.17, 15) is 33.5 Å². The van der Waals surface area contributed by atoms with Crippen molar-refractivity contribution >= 4 is 46.9 Å². The molecule has 1 saturated carbocycles. The number of rotatable bonds is 5. The Morgan fingerprint density at radius 2 is 1.86 bits per heavy atom. The molecule has 2 aliphatic heterocycles. The lowest BCUT2D eigenvalue weighted by molar-refractivity contribution is -0.136. The van der Waals surface area contributed by atoms with E-state index in [1.807, 2.05) is 6.08 Å². The molecular weight excluding hydrogens is 569 g/mol. The van der Waals surface area contributed by atoms with Gasteiger partial charge in [0.05, 0.1) is 40.5 Å². The molecule has 6 amide bonds. The van der Waals surface area contributed by atoms with Crippen LogP contribution in [0.1, 0.15) is 31.2 Å². The second-order valence-electron chi connectivity index (χ2n) is 11.2. The number of amides is 6. The van der Waals surface area contributed by atoms with E-state index in [0.717, 1.165) is 11.0 Å². The standard InChI is InChI=1S/C30H27ClFN3O7/c1-30-19(26(38)34(28(30)40)14-6-9-21(32)20(31)12-14)13-18-15(24(30)16-4-2-3-5-22(16)42-11-10-36)7-8-17-23(18)27(39)35(25(17)37)29(33)41/h2-7,9,12,17-19,23-24,36H,8,10-11,13H2,1H3,(H2,33,41). The number of fused-ring (bicyclic) bond motifs is 4. The molecule has 4 aliphatic rings. The fraction of sp³-hybridized carbons (Fsp3) is 0.367. The Morgan fingerprint density at radius 1 is 1.12 bits per heavy atom. The van der Waals surface area contributed by atoms with Crippen LogP contribution in [0.25, 0.3) is 0 Å². The van der Waals surface area contributed by atoms with Crippen LogP contribution in [0.4, 0.5) is 14.9 Å². The Kier molecular flexibility index (Phi) is 6.69. The number of likely N-dealkylation sites (tertiary alicyclic amines) is 1. The Hall–Kier alpha value is -4.09. The zero-order valence-corrected chi connectivity index (χ0v) is 23.2. The molecule has 10 nitrogen and oxygen atoms in total. The Labute approximate surface area is 244 Å². The second-order valence-corrected chi connectivity index (χ2v) is 11.6. The van der Waals surface area contributed by atoms with Crippen LogP contribution in [0.15, 0.2) is 54.1 Å². The van der Waals surface area contributed by atoms with Gasteiger partial charge in [-0.25, -0.2) is 14.1 Å². The summed E-state index contributed by atoms with van der Waals surface area (Å²) in [6.07, 6.45) is 2.02. The first kappa shape index (κ1) is 28.0. The van der Waals surface area contributed by atoms with Gasteiger partial charge in [0.25, 0.3) is 0 Å². The summed E-state index contributed by atoms with van der Waals surface area (Å²) >= 11 is 6.02. The normalized spacial score (nSPS) is 30.2. The third-order valence-electron chi connectivity index (χ3n) is 9.24. The maximum atomic E-state index is 14.4. The van der Waals surface area contributed by atoms with Crippen molar-refractivity contribution in [3.05, 3.63) is 70.5 Å². The van der Waals surface area contributed by atoms with Gasteiger partial charge in [0.15, 0.2) is 0 Å². The van der Waals surface area contributed by atoms with Gasteiger partial charge in [0, 0.05) is 11.5 Å². The third kappa shape index (κ3) is 3.83. The quantitative estimate of drug-likeness (QED) is 0.398. The molecule has 0 bridgehead atoms. The number of carbonyl (C=O) groups is 5. The molecule has 2 aromatic rings. The van der Waals surface area contributed by atoms with Gasteiger partial charge in [-0.2, -0.15) is 4.90 Å². The lowest BCUT2D eigenvalue weighted by Gasteiger charge is -2.49. The SMILES string of the molecule is CC12C(=O)N(c3ccc(F)c(Cl)c3)C(=O)C1CC1C(=CCC3C(=O)N(C(N)=O)C(=O)C31)C2c1ccccc1OCCO. The van der Waals surface area contributed by atoms with Gasteiger partial charge >= 0.3 is 6.03 Å². The number of hydrogen-bond donors (Lipinski definition) is 2. The summed E-state index contributed by atoms with van der Waals surface area (Å²) < 4.78 is 19.9. The number of aliphatic hydroxyl groups excluding tert-OH is 1. The number of hydrogen-bond acceptors (Lipinski definition) is 7. The Bertz CT molecular complexity index is 1590. The average Bonchev–Trinajstić information content (AvgIpc) is 3.33.